The maximum Gasteiger partial charge on any atom is 0.309 e. The maximum atomic E-state index is 10.8. The van der Waals surface area contributed by atoms with E-state index in [-0.39, 0.29) is 12.2 Å². The number of carbonyl (C=O) groups is 2. The van der Waals surface area contributed by atoms with E-state index in [0.29, 0.717) is 11.3 Å². The molecule has 0 spiro atoms. The van der Waals surface area contributed by atoms with E-state index in [4.69, 9.17) is 5.11 Å². The lowest BCUT2D eigenvalue weighted by atomic mass is 10.2. The number of Topliss-reactive ketones (excluding diaryl/α,β-unsaturated/α-hetero) is 1. The van der Waals surface area contributed by atoms with Crippen molar-refractivity contribution in [3.05, 3.63) is 29.6 Å². The maximum absolute atomic E-state index is 10.8. The molecule has 0 saturated carbocycles. The average Bonchev–Trinajstić information content (AvgIpc) is 2.04. The fourth-order valence-electron chi connectivity index (χ4n) is 0.892. The largest absolute Gasteiger partial charge is 0.481 e. The highest BCUT2D eigenvalue weighted by Gasteiger charge is 2.03. The summed E-state index contributed by atoms with van der Waals surface area (Å²) in [5, 5.41) is 8.44. The van der Waals surface area contributed by atoms with Gasteiger partial charge in [-0.05, 0) is 19.1 Å². The molecule has 0 amide bonds. The van der Waals surface area contributed by atoms with Gasteiger partial charge in [-0.2, -0.15) is 0 Å². The zero-order valence-electron chi connectivity index (χ0n) is 7.15. The fourth-order valence-corrected chi connectivity index (χ4v) is 0.892. The molecule has 68 valence electrons. The van der Waals surface area contributed by atoms with Crippen LogP contribution >= 0.6 is 0 Å². The van der Waals surface area contributed by atoms with E-state index in [1.54, 1.807) is 12.1 Å². The summed E-state index contributed by atoms with van der Waals surface area (Å²) in [6.45, 7) is 1.44. The molecule has 0 bridgehead atoms. The molecule has 1 heterocycles. The van der Waals surface area contributed by atoms with Gasteiger partial charge in [0, 0.05) is 11.8 Å². The Morgan fingerprint density at radius 2 is 2.15 bits per heavy atom. The van der Waals surface area contributed by atoms with Crippen molar-refractivity contribution in [2.24, 2.45) is 0 Å². The quantitative estimate of drug-likeness (QED) is 0.700. The molecule has 0 aliphatic heterocycles. The van der Waals surface area contributed by atoms with Crippen molar-refractivity contribution in [3.63, 3.8) is 0 Å². The molecule has 0 unspecified atom stereocenters. The van der Waals surface area contributed by atoms with Gasteiger partial charge in [-0.3, -0.25) is 14.6 Å². The minimum atomic E-state index is -0.928. The fraction of sp³-hybridized carbons (Fsp3) is 0.222. The number of rotatable bonds is 3. The lowest BCUT2D eigenvalue weighted by Crippen LogP contribution is -2.03. The van der Waals surface area contributed by atoms with E-state index in [1.807, 2.05) is 0 Å². The molecule has 0 fully saturated rings. The van der Waals surface area contributed by atoms with Crippen LogP contribution in [0.5, 0.6) is 0 Å². The van der Waals surface area contributed by atoms with Crippen LogP contribution in [-0.2, 0) is 11.2 Å². The summed E-state index contributed by atoms with van der Waals surface area (Å²) in [7, 11) is 0. The van der Waals surface area contributed by atoms with Crippen LogP contribution in [0.4, 0.5) is 0 Å². The molecular formula is C9H9NO3. The molecule has 4 heteroatoms. The number of hydrogen-bond donors (Lipinski definition) is 1. The number of ketones is 1. The number of aromatic nitrogens is 1. The highest BCUT2D eigenvalue weighted by Crippen LogP contribution is 2.01. The minimum Gasteiger partial charge on any atom is -0.481 e. The molecule has 4 nitrogen and oxygen atoms in total. The van der Waals surface area contributed by atoms with Crippen LogP contribution in [0.15, 0.2) is 18.3 Å². The summed E-state index contributed by atoms with van der Waals surface area (Å²) in [4.78, 5) is 24.9. The van der Waals surface area contributed by atoms with Gasteiger partial charge in [-0.1, -0.05) is 0 Å². The van der Waals surface area contributed by atoms with E-state index in [1.165, 1.54) is 13.1 Å². The zero-order chi connectivity index (χ0) is 9.84. The third-order valence-corrected chi connectivity index (χ3v) is 1.56. The second-order valence-corrected chi connectivity index (χ2v) is 2.66. The Morgan fingerprint density at radius 1 is 1.46 bits per heavy atom. The number of carboxylic acids is 1. The summed E-state index contributed by atoms with van der Waals surface area (Å²) >= 11 is 0. The number of nitrogens with zero attached hydrogens (tertiary/aromatic N) is 1. The summed E-state index contributed by atoms with van der Waals surface area (Å²) in [5.41, 5.74) is 0.951. The molecule has 0 aromatic carbocycles. The number of hydrogen-bond acceptors (Lipinski definition) is 3. The Morgan fingerprint density at radius 3 is 2.54 bits per heavy atom. The van der Waals surface area contributed by atoms with E-state index >= 15 is 0 Å². The average molecular weight is 179 g/mol. The minimum absolute atomic E-state index is 0.0747. The van der Waals surface area contributed by atoms with Crippen molar-refractivity contribution in [1.29, 1.82) is 0 Å². The van der Waals surface area contributed by atoms with Gasteiger partial charge in [-0.25, -0.2) is 0 Å². The molecule has 13 heavy (non-hydrogen) atoms. The van der Waals surface area contributed by atoms with Crippen LogP contribution in [0.1, 0.15) is 23.0 Å². The van der Waals surface area contributed by atoms with Crippen molar-refractivity contribution in [2.45, 2.75) is 13.3 Å². The van der Waals surface area contributed by atoms with Gasteiger partial charge in [0.1, 0.15) is 0 Å². The van der Waals surface area contributed by atoms with Crippen molar-refractivity contribution >= 4 is 11.8 Å². The molecule has 1 N–H and O–H groups in total. The summed E-state index contributed by atoms with van der Waals surface area (Å²) in [6.07, 6.45) is 1.28. The van der Waals surface area contributed by atoms with Gasteiger partial charge in [0.2, 0.25) is 0 Å². The highest BCUT2D eigenvalue weighted by atomic mass is 16.4. The number of aliphatic carboxylic acids is 1. The molecule has 0 aliphatic rings. The SMILES string of the molecule is CC(=O)c1ccc(CC(=O)O)nc1. The van der Waals surface area contributed by atoms with Crippen LogP contribution in [0.25, 0.3) is 0 Å². The topological polar surface area (TPSA) is 67.3 Å². The van der Waals surface area contributed by atoms with E-state index < -0.39 is 5.97 Å². The lowest BCUT2D eigenvalue weighted by molar-refractivity contribution is -0.136. The van der Waals surface area contributed by atoms with Gasteiger partial charge in [0.15, 0.2) is 5.78 Å². The van der Waals surface area contributed by atoms with Crippen molar-refractivity contribution in [1.82, 2.24) is 4.98 Å². The molecule has 0 radical (unpaired) electrons. The van der Waals surface area contributed by atoms with Gasteiger partial charge in [0.25, 0.3) is 0 Å². The second-order valence-electron chi connectivity index (χ2n) is 2.66. The molecule has 1 aromatic rings. The molecule has 1 aromatic heterocycles. The van der Waals surface area contributed by atoms with E-state index in [9.17, 15) is 9.59 Å². The summed E-state index contributed by atoms with van der Waals surface area (Å²) in [6, 6.07) is 3.12. The van der Waals surface area contributed by atoms with Gasteiger partial charge in [-0.15, -0.1) is 0 Å². The smallest absolute Gasteiger partial charge is 0.309 e. The third-order valence-electron chi connectivity index (χ3n) is 1.56. The Kier molecular flexibility index (Phi) is 2.74. The first-order valence-electron chi connectivity index (χ1n) is 3.77. The molecule has 1 rings (SSSR count). The van der Waals surface area contributed by atoms with Crippen molar-refractivity contribution in [3.8, 4) is 0 Å². The number of carbonyl (C=O) groups excluding carboxylic acids is 1. The highest BCUT2D eigenvalue weighted by molar-refractivity contribution is 5.93. The normalized spacial score (nSPS) is 9.62. The lowest BCUT2D eigenvalue weighted by Gasteiger charge is -1.97. The first kappa shape index (κ1) is 9.38. The Balaban J connectivity index is 2.81. The predicted molar refractivity (Wildman–Crippen MR) is 45.6 cm³/mol. The zero-order valence-corrected chi connectivity index (χ0v) is 7.15. The van der Waals surface area contributed by atoms with Crippen LogP contribution in [0.2, 0.25) is 0 Å². The standard InChI is InChI=1S/C9H9NO3/c1-6(11)7-2-3-8(10-5-7)4-9(12)13/h2-3,5H,4H2,1H3,(H,12,13). The molecule has 0 atom stereocenters. The van der Waals surface area contributed by atoms with Gasteiger partial charge < -0.3 is 5.11 Å². The van der Waals surface area contributed by atoms with E-state index in [0.717, 1.165) is 0 Å². The van der Waals surface area contributed by atoms with Crippen LogP contribution in [0.3, 0.4) is 0 Å². The monoisotopic (exact) mass is 179 g/mol. The summed E-state index contributed by atoms with van der Waals surface area (Å²) in [5.74, 6) is -1.00. The molecule has 0 saturated heterocycles. The third kappa shape index (κ3) is 2.66. The Hall–Kier alpha value is -1.71. The predicted octanol–water partition coefficient (Wildman–Crippen LogP) is 0.911. The van der Waals surface area contributed by atoms with Crippen LogP contribution < -0.4 is 0 Å². The van der Waals surface area contributed by atoms with Crippen LogP contribution in [0, 0.1) is 0 Å². The number of pyridine rings is 1. The van der Waals surface area contributed by atoms with Crippen LogP contribution in [-0.4, -0.2) is 21.8 Å². The summed E-state index contributed by atoms with van der Waals surface area (Å²) < 4.78 is 0. The Labute approximate surface area is 75.2 Å². The molecule has 0 aliphatic carbocycles. The van der Waals surface area contributed by atoms with E-state index in [2.05, 4.69) is 4.98 Å². The molecular weight excluding hydrogens is 170 g/mol. The first-order chi connectivity index (χ1) is 6.09. The Bertz CT molecular complexity index is 329. The van der Waals surface area contributed by atoms with Gasteiger partial charge >= 0.3 is 5.97 Å². The number of carboxylic acid groups (broad SMARTS) is 1. The second kappa shape index (κ2) is 3.80. The van der Waals surface area contributed by atoms with Crippen molar-refractivity contribution < 1.29 is 14.7 Å². The first-order valence-corrected chi connectivity index (χ1v) is 3.77. The van der Waals surface area contributed by atoms with Crippen molar-refractivity contribution in [2.75, 3.05) is 0 Å². The van der Waals surface area contributed by atoms with Gasteiger partial charge in [0.05, 0.1) is 12.1 Å².